The van der Waals surface area contributed by atoms with Gasteiger partial charge >= 0.3 is 0 Å². The van der Waals surface area contributed by atoms with Gasteiger partial charge in [-0.1, -0.05) is 0 Å². The third kappa shape index (κ3) is 3.46. The van der Waals surface area contributed by atoms with E-state index in [0.29, 0.717) is 18.0 Å². The van der Waals surface area contributed by atoms with E-state index in [0.717, 1.165) is 23.6 Å². The van der Waals surface area contributed by atoms with Crippen molar-refractivity contribution in [2.75, 3.05) is 21.3 Å². The second-order valence-electron chi connectivity index (χ2n) is 4.62. The second-order valence-corrected chi connectivity index (χ2v) is 4.62. The Hall–Kier alpha value is -2.21. The van der Waals surface area contributed by atoms with Crippen molar-refractivity contribution in [3.8, 4) is 17.2 Å². The van der Waals surface area contributed by atoms with Crippen LogP contribution in [0, 0.1) is 0 Å². The largest absolute Gasteiger partial charge is 0.496 e. The molecular weight excluding hydrogens is 270 g/mol. The predicted molar refractivity (Wildman–Crippen MR) is 79.8 cm³/mol. The lowest BCUT2D eigenvalue weighted by molar-refractivity contribution is 0.347. The zero-order valence-electron chi connectivity index (χ0n) is 12.8. The van der Waals surface area contributed by atoms with Crippen molar-refractivity contribution in [1.82, 2.24) is 14.9 Å². The van der Waals surface area contributed by atoms with Gasteiger partial charge in [0.2, 0.25) is 0 Å². The number of nitrogens with one attached hydrogen (secondary N) is 1. The molecule has 1 aromatic heterocycles. The number of nitrogens with zero attached hydrogens (tertiary/aromatic N) is 2. The van der Waals surface area contributed by atoms with Gasteiger partial charge in [-0.2, -0.15) is 0 Å². The average Bonchev–Trinajstić information content (AvgIpc) is 2.92. The van der Waals surface area contributed by atoms with Crippen LogP contribution in [0.2, 0.25) is 0 Å². The molecule has 1 aromatic carbocycles. The number of aromatic nitrogens is 2. The maximum atomic E-state index is 5.41. The van der Waals surface area contributed by atoms with Crippen molar-refractivity contribution in [2.45, 2.75) is 13.1 Å². The van der Waals surface area contributed by atoms with Crippen LogP contribution in [0.1, 0.15) is 11.3 Å². The SMILES string of the molecule is COc1cc(OC)c(OC)cc1CNCc1cncn1C. The molecule has 0 aliphatic rings. The molecule has 6 heteroatoms. The summed E-state index contributed by atoms with van der Waals surface area (Å²) < 4.78 is 18.0. The van der Waals surface area contributed by atoms with E-state index in [-0.39, 0.29) is 0 Å². The monoisotopic (exact) mass is 291 g/mol. The van der Waals surface area contributed by atoms with E-state index in [9.17, 15) is 0 Å². The van der Waals surface area contributed by atoms with Gasteiger partial charge in [0.05, 0.1) is 33.4 Å². The number of hydrogen-bond donors (Lipinski definition) is 1. The van der Waals surface area contributed by atoms with Crippen LogP contribution in [0.5, 0.6) is 17.2 Å². The van der Waals surface area contributed by atoms with Crippen LogP contribution in [0.15, 0.2) is 24.7 Å². The third-order valence-corrected chi connectivity index (χ3v) is 3.32. The molecule has 114 valence electrons. The molecule has 0 atom stereocenters. The van der Waals surface area contributed by atoms with E-state index in [2.05, 4.69) is 10.3 Å². The number of methoxy groups -OCH3 is 3. The molecule has 0 aliphatic heterocycles. The number of hydrogen-bond acceptors (Lipinski definition) is 5. The highest BCUT2D eigenvalue weighted by molar-refractivity contribution is 5.50. The molecule has 0 unspecified atom stereocenters. The molecule has 0 amide bonds. The summed E-state index contributed by atoms with van der Waals surface area (Å²) >= 11 is 0. The number of imidazole rings is 1. The van der Waals surface area contributed by atoms with E-state index < -0.39 is 0 Å². The first-order valence-corrected chi connectivity index (χ1v) is 6.64. The quantitative estimate of drug-likeness (QED) is 0.842. The molecule has 6 nitrogen and oxygen atoms in total. The fourth-order valence-electron chi connectivity index (χ4n) is 2.11. The highest BCUT2D eigenvalue weighted by atomic mass is 16.5. The van der Waals surface area contributed by atoms with Gasteiger partial charge in [0.1, 0.15) is 5.75 Å². The van der Waals surface area contributed by atoms with Crippen LogP contribution >= 0.6 is 0 Å². The highest BCUT2D eigenvalue weighted by Crippen LogP contribution is 2.34. The van der Waals surface area contributed by atoms with Crippen molar-refractivity contribution >= 4 is 0 Å². The molecule has 0 aliphatic carbocycles. The van der Waals surface area contributed by atoms with Crippen LogP contribution < -0.4 is 19.5 Å². The van der Waals surface area contributed by atoms with Gasteiger partial charge in [-0.25, -0.2) is 4.98 Å². The van der Waals surface area contributed by atoms with E-state index in [1.54, 1.807) is 27.7 Å². The minimum atomic E-state index is 0.657. The zero-order chi connectivity index (χ0) is 15.2. The second kappa shape index (κ2) is 6.99. The molecule has 0 spiro atoms. The van der Waals surface area contributed by atoms with Gasteiger partial charge in [0.25, 0.3) is 0 Å². The minimum Gasteiger partial charge on any atom is -0.496 e. The Bertz CT molecular complexity index is 596. The summed E-state index contributed by atoms with van der Waals surface area (Å²) in [4.78, 5) is 4.09. The molecule has 0 saturated carbocycles. The number of ether oxygens (including phenoxy) is 3. The van der Waals surface area contributed by atoms with E-state index in [1.807, 2.05) is 29.9 Å². The Morgan fingerprint density at radius 3 is 2.24 bits per heavy atom. The van der Waals surface area contributed by atoms with Crippen molar-refractivity contribution in [2.24, 2.45) is 7.05 Å². The summed E-state index contributed by atoms with van der Waals surface area (Å²) in [6.07, 6.45) is 3.63. The molecule has 21 heavy (non-hydrogen) atoms. The van der Waals surface area contributed by atoms with Crippen LogP contribution in [0.4, 0.5) is 0 Å². The lowest BCUT2D eigenvalue weighted by atomic mass is 10.1. The van der Waals surface area contributed by atoms with Gasteiger partial charge in [-0.05, 0) is 6.07 Å². The van der Waals surface area contributed by atoms with Crippen molar-refractivity contribution in [3.05, 3.63) is 35.9 Å². The summed E-state index contributed by atoms with van der Waals surface area (Å²) in [6, 6.07) is 3.76. The molecule has 2 rings (SSSR count). The Balaban J connectivity index is 2.09. The molecule has 2 aromatic rings. The number of aryl methyl sites for hydroxylation is 1. The number of rotatable bonds is 7. The Morgan fingerprint density at radius 1 is 1.00 bits per heavy atom. The molecule has 0 fully saturated rings. The van der Waals surface area contributed by atoms with Crippen molar-refractivity contribution < 1.29 is 14.2 Å². The maximum absolute atomic E-state index is 5.41. The lowest BCUT2D eigenvalue weighted by Gasteiger charge is -2.14. The highest BCUT2D eigenvalue weighted by Gasteiger charge is 2.11. The van der Waals surface area contributed by atoms with Crippen molar-refractivity contribution in [3.63, 3.8) is 0 Å². The van der Waals surface area contributed by atoms with Crippen LogP contribution in [0.25, 0.3) is 0 Å². The first kappa shape index (κ1) is 15.2. The maximum Gasteiger partial charge on any atom is 0.164 e. The van der Waals surface area contributed by atoms with E-state index >= 15 is 0 Å². The lowest BCUT2D eigenvalue weighted by Crippen LogP contribution is -2.15. The first-order valence-electron chi connectivity index (χ1n) is 6.64. The Kier molecular flexibility index (Phi) is 5.05. The Morgan fingerprint density at radius 2 is 1.67 bits per heavy atom. The topological polar surface area (TPSA) is 57.5 Å². The van der Waals surface area contributed by atoms with E-state index in [1.165, 1.54) is 0 Å². The predicted octanol–water partition coefficient (Wildman–Crippen LogP) is 1.74. The van der Waals surface area contributed by atoms with Gasteiger partial charge in [-0.15, -0.1) is 0 Å². The standard InChI is InChI=1S/C15H21N3O3/c1-18-10-17-9-12(18)8-16-7-11-5-14(20-3)15(21-4)6-13(11)19-2/h5-6,9-10,16H,7-8H2,1-4H3. The fourth-order valence-corrected chi connectivity index (χ4v) is 2.11. The fraction of sp³-hybridized carbons (Fsp3) is 0.400. The van der Waals surface area contributed by atoms with Crippen LogP contribution in [0.3, 0.4) is 0 Å². The molecule has 1 heterocycles. The molecule has 0 saturated heterocycles. The molecular formula is C15H21N3O3. The summed E-state index contributed by atoms with van der Waals surface area (Å²) in [7, 11) is 6.85. The van der Waals surface area contributed by atoms with Crippen LogP contribution in [-0.2, 0) is 20.1 Å². The smallest absolute Gasteiger partial charge is 0.164 e. The van der Waals surface area contributed by atoms with Gasteiger partial charge in [0, 0.05) is 38.0 Å². The molecule has 0 radical (unpaired) electrons. The summed E-state index contributed by atoms with van der Waals surface area (Å²) in [6.45, 7) is 1.39. The van der Waals surface area contributed by atoms with E-state index in [4.69, 9.17) is 14.2 Å². The zero-order valence-corrected chi connectivity index (χ0v) is 12.8. The normalized spacial score (nSPS) is 10.5. The Labute approximate surface area is 124 Å². The molecule has 1 N–H and O–H groups in total. The summed E-state index contributed by atoms with van der Waals surface area (Å²) in [5.41, 5.74) is 2.13. The summed E-state index contributed by atoms with van der Waals surface area (Å²) in [5.74, 6) is 2.12. The van der Waals surface area contributed by atoms with Gasteiger partial charge in [0.15, 0.2) is 11.5 Å². The van der Waals surface area contributed by atoms with Gasteiger partial charge in [-0.3, -0.25) is 0 Å². The van der Waals surface area contributed by atoms with Crippen LogP contribution in [-0.4, -0.2) is 30.9 Å². The van der Waals surface area contributed by atoms with Crippen molar-refractivity contribution in [1.29, 1.82) is 0 Å². The average molecular weight is 291 g/mol. The number of benzene rings is 1. The summed E-state index contributed by atoms with van der Waals surface area (Å²) in [5, 5.41) is 3.37. The first-order chi connectivity index (χ1) is 10.2. The molecule has 0 bridgehead atoms. The van der Waals surface area contributed by atoms with Gasteiger partial charge < -0.3 is 24.1 Å². The minimum absolute atomic E-state index is 0.657. The third-order valence-electron chi connectivity index (χ3n) is 3.32.